The van der Waals surface area contributed by atoms with Gasteiger partial charge in [-0.25, -0.2) is 0 Å². The minimum Gasteiger partial charge on any atom is -0.507 e. The number of methoxy groups -OCH3 is 2. The predicted octanol–water partition coefficient (Wildman–Crippen LogP) is 5.01. The van der Waals surface area contributed by atoms with Crippen molar-refractivity contribution in [1.29, 1.82) is 0 Å². The molecule has 2 aromatic carbocycles. The summed E-state index contributed by atoms with van der Waals surface area (Å²) in [6.45, 7) is 3.88. The number of carbonyl (C=O) groups excluding carboxylic acids is 2. The van der Waals surface area contributed by atoms with Gasteiger partial charge in [0.2, 0.25) is 0 Å². The van der Waals surface area contributed by atoms with Crippen LogP contribution < -0.4 is 14.4 Å². The Kier molecular flexibility index (Phi) is 5.76. The number of aliphatic hydroxyl groups is 1. The van der Waals surface area contributed by atoms with Gasteiger partial charge in [-0.2, -0.15) is 0 Å². The van der Waals surface area contributed by atoms with E-state index in [1.54, 1.807) is 18.2 Å². The van der Waals surface area contributed by atoms with E-state index in [2.05, 4.69) is 0 Å². The van der Waals surface area contributed by atoms with Crippen molar-refractivity contribution in [2.75, 3.05) is 19.1 Å². The average molecular weight is 450 g/mol. The van der Waals surface area contributed by atoms with Crippen LogP contribution in [0.1, 0.15) is 27.6 Å². The maximum atomic E-state index is 13.2. The third-order valence-electron chi connectivity index (χ3n) is 5.41. The normalized spacial score (nSPS) is 17.6. The molecular formula is C25H23NO5S. The molecule has 0 aliphatic carbocycles. The van der Waals surface area contributed by atoms with E-state index in [4.69, 9.17) is 9.47 Å². The Morgan fingerprint density at radius 1 is 1.00 bits per heavy atom. The minimum absolute atomic E-state index is 0.0278. The molecule has 1 saturated heterocycles. The summed E-state index contributed by atoms with van der Waals surface area (Å²) in [5, 5.41) is 13.2. The second kappa shape index (κ2) is 8.51. The number of aliphatic hydroxyl groups excluding tert-OH is 1. The molecule has 1 N–H and O–H groups in total. The van der Waals surface area contributed by atoms with E-state index in [1.807, 2.05) is 49.6 Å². The monoisotopic (exact) mass is 449 g/mol. The number of carbonyl (C=O) groups is 2. The number of ketones is 1. The molecule has 4 rings (SSSR count). The molecule has 0 spiro atoms. The zero-order valence-corrected chi connectivity index (χ0v) is 19.0. The summed E-state index contributed by atoms with van der Waals surface area (Å²) in [5.74, 6) is -0.818. The molecule has 1 fully saturated rings. The number of amides is 1. The summed E-state index contributed by atoms with van der Waals surface area (Å²) in [6.07, 6.45) is 0. The number of ether oxygens (including phenoxy) is 2. The average Bonchev–Trinajstić information content (AvgIpc) is 3.39. The minimum atomic E-state index is -0.747. The quantitative estimate of drug-likeness (QED) is 0.337. The Bertz CT molecular complexity index is 1210. The van der Waals surface area contributed by atoms with Crippen molar-refractivity contribution >= 4 is 34.5 Å². The first kappa shape index (κ1) is 21.6. The molecule has 1 aromatic heterocycles. The van der Waals surface area contributed by atoms with Crippen molar-refractivity contribution in [3.63, 3.8) is 0 Å². The Morgan fingerprint density at radius 2 is 1.72 bits per heavy atom. The number of hydrogen-bond acceptors (Lipinski definition) is 6. The first-order valence-electron chi connectivity index (χ1n) is 10.0. The lowest BCUT2D eigenvalue weighted by Crippen LogP contribution is -2.29. The number of Topliss-reactive ketones (excluding diaryl/α,β-unsaturated/α-hetero) is 1. The lowest BCUT2D eigenvalue weighted by molar-refractivity contribution is -0.132. The third-order valence-corrected chi connectivity index (χ3v) is 6.33. The van der Waals surface area contributed by atoms with Crippen LogP contribution in [-0.4, -0.2) is 31.0 Å². The fraction of sp³-hybridized carbons (Fsp3) is 0.200. The van der Waals surface area contributed by atoms with Crippen LogP contribution in [0.5, 0.6) is 11.5 Å². The van der Waals surface area contributed by atoms with Crippen LogP contribution in [0, 0.1) is 13.8 Å². The maximum absolute atomic E-state index is 13.2. The lowest BCUT2D eigenvalue weighted by atomic mass is 9.99. The molecule has 1 aliphatic heterocycles. The molecule has 0 radical (unpaired) electrons. The molecule has 0 saturated carbocycles. The van der Waals surface area contributed by atoms with Gasteiger partial charge in [-0.3, -0.25) is 14.5 Å². The largest absolute Gasteiger partial charge is 0.507 e. The summed E-state index contributed by atoms with van der Waals surface area (Å²) in [4.78, 5) is 28.7. The van der Waals surface area contributed by atoms with Crippen LogP contribution in [0.15, 0.2) is 59.5 Å². The number of hydrogen-bond donors (Lipinski definition) is 1. The van der Waals surface area contributed by atoms with Crippen LogP contribution >= 0.6 is 11.3 Å². The summed E-state index contributed by atoms with van der Waals surface area (Å²) in [5.41, 5.74) is 2.91. The SMILES string of the molecule is COc1ccc(/C(O)=C2/C(=O)C(=O)N(c3cc(C)cc(C)c3)C2c2cccs2)c(OC)c1. The van der Waals surface area contributed by atoms with Gasteiger partial charge < -0.3 is 14.6 Å². The number of nitrogens with zero attached hydrogens (tertiary/aromatic N) is 1. The van der Waals surface area contributed by atoms with Gasteiger partial charge in [0.15, 0.2) is 0 Å². The molecule has 32 heavy (non-hydrogen) atoms. The molecule has 164 valence electrons. The van der Waals surface area contributed by atoms with Gasteiger partial charge in [-0.05, 0) is 60.7 Å². The lowest BCUT2D eigenvalue weighted by Gasteiger charge is -2.25. The van der Waals surface area contributed by atoms with E-state index in [9.17, 15) is 14.7 Å². The van der Waals surface area contributed by atoms with Gasteiger partial charge in [0, 0.05) is 16.6 Å². The standard InChI is InChI=1S/C25H23NO5S/c1-14-10-15(2)12-16(11-14)26-22(20-6-5-9-32-20)21(24(28)25(26)29)23(27)18-8-7-17(30-3)13-19(18)31-4/h5-13,22,27H,1-4H3/b23-21-. The smallest absolute Gasteiger partial charge is 0.300 e. The molecule has 1 aliphatic rings. The Balaban J connectivity index is 1.95. The first-order chi connectivity index (χ1) is 15.3. The van der Waals surface area contributed by atoms with Crippen molar-refractivity contribution < 1.29 is 24.2 Å². The fourth-order valence-electron chi connectivity index (χ4n) is 4.04. The van der Waals surface area contributed by atoms with Gasteiger partial charge in [0.25, 0.3) is 11.7 Å². The van der Waals surface area contributed by atoms with Gasteiger partial charge >= 0.3 is 0 Å². The zero-order valence-electron chi connectivity index (χ0n) is 18.2. The molecular weight excluding hydrogens is 426 g/mol. The molecule has 3 aromatic rings. The summed E-state index contributed by atoms with van der Waals surface area (Å²) in [7, 11) is 3.00. The second-order valence-corrected chi connectivity index (χ2v) is 8.58. The Morgan fingerprint density at radius 3 is 2.31 bits per heavy atom. The summed E-state index contributed by atoms with van der Waals surface area (Å²) < 4.78 is 10.6. The van der Waals surface area contributed by atoms with Gasteiger partial charge in [0.05, 0.1) is 25.4 Å². The predicted molar refractivity (Wildman–Crippen MR) is 125 cm³/mol. The van der Waals surface area contributed by atoms with Gasteiger partial charge in [0.1, 0.15) is 23.3 Å². The fourth-order valence-corrected chi connectivity index (χ4v) is 4.87. The van der Waals surface area contributed by atoms with E-state index >= 15 is 0 Å². The number of anilines is 1. The Hall–Kier alpha value is -3.58. The number of rotatable bonds is 5. The summed E-state index contributed by atoms with van der Waals surface area (Å²) >= 11 is 1.42. The van der Waals surface area contributed by atoms with Crippen molar-refractivity contribution in [3.8, 4) is 11.5 Å². The van der Waals surface area contributed by atoms with Crippen LogP contribution in [0.25, 0.3) is 5.76 Å². The van der Waals surface area contributed by atoms with Crippen molar-refractivity contribution in [2.45, 2.75) is 19.9 Å². The highest BCUT2D eigenvalue weighted by Gasteiger charge is 2.47. The Labute approximate surface area is 190 Å². The molecule has 7 heteroatoms. The molecule has 1 atom stereocenters. The van der Waals surface area contributed by atoms with Crippen molar-refractivity contribution in [1.82, 2.24) is 0 Å². The van der Waals surface area contributed by atoms with Crippen molar-refractivity contribution in [3.05, 3.63) is 81.1 Å². The topological polar surface area (TPSA) is 76.1 Å². The summed E-state index contributed by atoms with van der Waals surface area (Å²) in [6, 6.07) is 13.6. The molecule has 2 heterocycles. The second-order valence-electron chi connectivity index (χ2n) is 7.60. The van der Waals surface area contributed by atoms with E-state index < -0.39 is 17.7 Å². The van der Waals surface area contributed by atoms with Crippen LogP contribution in [0.2, 0.25) is 0 Å². The van der Waals surface area contributed by atoms with Crippen LogP contribution in [-0.2, 0) is 9.59 Å². The molecule has 1 amide bonds. The highest BCUT2D eigenvalue weighted by Crippen LogP contribution is 2.45. The first-order valence-corrected chi connectivity index (χ1v) is 10.9. The molecule has 6 nitrogen and oxygen atoms in total. The van der Waals surface area contributed by atoms with E-state index in [0.29, 0.717) is 22.7 Å². The zero-order chi connectivity index (χ0) is 23.0. The van der Waals surface area contributed by atoms with Gasteiger partial charge in [-0.15, -0.1) is 11.3 Å². The van der Waals surface area contributed by atoms with Gasteiger partial charge in [-0.1, -0.05) is 12.1 Å². The number of aryl methyl sites for hydroxylation is 2. The van der Waals surface area contributed by atoms with Crippen LogP contribution in [0.4, 0.5) is 5.69 Å². The third kappa shape index (κ3) is 3.65. The number of benzene rings is 2. The van der Waals surface area contributed by atoms with E-state index in [1.165, 1.54) is 30.5 Å². The molecule has 0 bridgehead atoms. The number of thiophene rings is 1. The highest BCUT2D eigenvalue weighted by molar-refractivity contribution is 7.10. The van der Waals surface area contributed by atoms with E-state index in [-0.39, 0.29) is 11.3 Å². The van der Waals surface area contributed by atoms with Crippen LogP contribution in [0.3, 0.4) is 0 Å². The van der Waals surface area contributed by atoms with E-state index in [0.717, 1.165) is 16.0 Å². The highest BCUT2D eigenvalue weighted by atomic mass is 32.1. The maximum Gasteiger partial charge on any atom is 0.300 e. The molecule has 1 unspecified atom stereocenters. The van der Waals surface area contributed by atoms with Crippen molar-refractivity contribution in [2.24, 2.45) is 0 Å².